The second kappa shape index (κ2) is 10.8. The minimum Gasteiger partial charge on any atom is -0.469 e. The minimum absolute atomic E-state index is 0.268. The lowest BCUT2D eigenvalue weighted by molar-refractivity contribution is -0.141. The molecule has 1 rings (SSSR count). The van der Waals surface area contributed by atoms with Crippen LogP contribution in [-0.4, -0.2) is 36.7 Å². The fraction of sp³-hybridized carbons (Fsp3) is 0.529. The van der Waals surface area contributed by atoms with E-state index in [9.17, 15) is 14.7 Å². The lowest BCUT2D eigenvalue weighted by Gasteiger charge is -2.11. The van der Waals surface area contributed by atoms with E-state index < -0.39 is 6.10 Å². The molecule has 5 nitrogen and oxygen atoms in total. The van der Waals surface area contributed by atoms with Crippen molar-refractivity contribution in [2.24, 2.45) is 0 Å². The number of aliphatic hydroxyl groups excluding tert-OH is 1. The third-order valence-electron chi connectivity index (χ3n) is 3.42. The number of carbonyl (C=O) groups is 2. The average molecular weight is 307 g/mol. The fourth-order valence-corrected chi connectivity index (χ4v) is 2.11. The quantitative estimate of drug-likeness (QED) is 0.511. The van der Waals surface area contributed by atoms with Crippen molar-refractivity contribution in [1.82, 2.24) is 5.32 Å². The largest absolute Gasteiger partial charge is 0.469 e. The Morgan fingerprint density at radius 3 is 2.59 bits per heavy atom. The number of hydrogen-bond acceptors (Lipinski definition) is 4. The Balaban J connectivity index is 2.07. The molecule has 1 aromatic carbocycles. The summed E-state index contributed by atoms with van der Waals surface area (Å²) in [6.07, 6.45) is 2.95. The molecule has 1 atom stereocenters. The summed E-state index contributed by atoms with van der Waals surface area (Å²) in [7, 11) is 1.33. The highest BCUT2D eigenvalue weighted by atomic mass is 16.5. The molecule has 0 bridgehead atoms. The average Bonchev–Trinajstić information content (AvgIpc) is 2.55. The van der Waals surface area contributed by atoms with Crippen LogP contribution in [0.3, 0.4) is 0 Å². The van der Waals surface area contributed by atoms with Crippen molar-refractivity contribution < 1.29 is 19.4 Å². The van der Waals surface area contributed by atoms with Crippen molar-refractivity contribution in [3.05, 3.63) is 35.9 Å². The number of nitrogens with one attached hydrogen (secondary N) is 1. The Morgan fingerprint density at radius 2 is 1.91 bits per heavy atom. The molecule has 1 unspecified atom stereocenters. The van der Waals surface area contributed by atoms with Crippen LogP contribution in [0.15, 0.2) is 30.3 Å². The number of rotatable bonds is 10. The Labute approximate surface area is 131 Å². The van der Waals surface area contributed by atoms with E-state index in [1.807, 2.05) is 18.2 Å². The maximum atomic E-state index is 11.6. The topological polar surface area (TPSA) is 75.6 Å². The smallest absolute Gasteiger partial charge is 0.305 e. The van der Waals surface area contributed by atoms with Crippen LogP contribution in [0.4, 0.5) is 0 Å². The molecule has 0 aliphatic heterocycles. The van der Waals surface area contributed by atoms with Crippen LogP contribution in [0.25, 0.3) is 0 Å². The highest BCUT2D eigenvalue weighted by Gasteiger charge is 2.13. The van der Waals surface area contributed by atoms with Gasteiger partial charge in [-0.15, -0.1) is 0 Å². The van der Waals surface area contributed by atoms with E-state index in [1.54, 1.807) is 0 Å². The van der Waals surface area contributed by atoms with Gasteiger partial charge in [0.1, 0.15) is 6.10 Å². The molecule has 5 heteroatoms. The Kier molecular flexibility index (Phi) is 8.91. The van der Waals surface area contributed by atoms with Crippen molar-refractivity contribution >= 4 is 11.9 Å². The van der Waals surface area contributed by atoms with Crippen LogP contribution in [0, 0.1) is 0 Å². The molecular weight excluding hydrogens is 282 g/mol. The van der Waals surface area contributed by atoms with Gasteiger partial charge in [0.2, 0.25) is 5.91 Å². The molecule has 1 amide bonds. The molecule has 0 spiro atoms. The molecule has 2 N–H and O–H groups in total. The molecule has 22 heavy (non-hydrogen) atoms. The van der Waals surface area contributed by atoms with Gasteiger partial charge in [-0.1, -0.05) is 36.8 Å². The van der Waals surface area contributed by atoms with Crippen molar-refractivity contribution in [2.75, 3.05) is 13.7 Å². The van der Waals surface area contributed by atoms with Gasteiger partial charge in [0, 0.05) is 13.0 Å². The number of unbranched alkanes of at least 4 members (excludes halogenated alkanes) is 1. The first-order valence-corrected chi connectivity index (χ1v) is 7.70. The number of esters is 1. The van der Waals surface area contributed by atoms with Crippen molar-refractivity contribution in [1.29, 1.82) is 0 Å². The van der Waals surface area contributed by atoms with Gasteiger partial charge in [-0.05, 0) is 31.2 Å². The lowest BCUT2D eigenvalue weighted by atomic mass is 10.1. The molecule has 0 saturated carbocycles. The predicted molar refractivity (Wildman–Crippen MR) is 84.3 cm³/mol. The maximum absolute atomic E-state index is 11.6. The number of aryl methyl sites for hydroxylation is 1. The van der Waals surface area contributed by atoms with Gasteiger partial charge in [-0.2, -0.15) is 0 Å². The predicted octanol–water partition coefficient (Wildman–Crippen LogP) is 1.83. The number of methoxy groups -OCH3 is 1. The minimum atomic E-state index is -0.978. The van der Waals surface area contributed by atoms with Gasteiger partial charge < -0.3 is 15.2 Å². The molecule has 0 aliphatic carbocycles. The Morgan fingerprint density at radius 1 is 1.18 bits per heavy atom. The summed E-state index contributed by atoms with van der Waals surface area (Å²) in [5, 5.41) is 12.4. The molecule has 122 valence electrons. The van der Waals surface area contributed by atoms with Crippen LogP contribution < -0.4 is 5.32 Å². The first kappa shape index (κ1) is 18.2. The van der Waals surface area contributed by atoms with Gasteiger partial charge in [0.25, 0.3) is 0 Å². The van der Waals surface area contributed by atoms with E-state index in [0.717, 1.165) is 19.3 Å². The maximum Gasteiger partial charge on any atom is 0.305 e. The van der Waals surface area contributed by atoms with Crippen molar-refractivity contribution in [3.8, 4) is 0 Å². The molecule has 0 aromatic heterocycles. The summed E-state index contributed by atoms with van der Waals surface area (Å²) in [4.78, 5) is 22.5. The normalized spacial score (nSPS) is 11.7. The summed E-state index contributed by atoms with van der Waals surface area (Å²) < 4.78 is 4.51. The molecule has 0 radical (unpaired) electrons. The SMILES string of the molecule is COC(=O)CCCNC(=O)C(O)CCCCc1ccccc1. The first-order valence-electron chi connectivity index (χ1n) is 7.70. The Bertz CT molecular complexity index is 447. The zero-order valence-corrected chi connectivity index (χ0v) is 13.1. The number of aliphatic hydroxyl groups is 1. The number of amides is 1. The standard InChI is InChI=1S/C17H25NO4/c1-22-16(20)12-7-13-18-17(21)15(19)11-6-5-10-14-8-3-2-4-9-14/h2-4,8-9,15,19H,5-7,10-13H2,1H3,(H,18,21). The Hall–Kier alpha value is -1.88. The van der Waals surface area contributed by atoms with Gasteiger partial charge in [0.05, 0.1) is 7.11 Å². The van der Waals surface area contributed by atoms with Crippen LogP contribution in [0.1, 0.15) is 37.7 Å². The van der Waals surface area contributed by atoms with Crippen LogP contribution in [-0.2, 0) is 20.7 Å². The van der Waals surface area contributed by atoms with Gasteiger partial charge in [0.15, 0.2) is 0 Å². The van der Waals surface area contributed by atoms with Crippen molar-refractivity contribution in [2.45, 2.75) is 44.6 Å². The molecular formula is C17H25NO4. The summed E-state index contributed by atoms with van der Waals surface area (Å²) in [5.41, 5.74) is 1.27. The van der Waals surface area contributed by atoms with E-state index in [0.29, 0.717) is 19.4 Å². The summed E-state index contributed by atoms with van der Waals surface area (Å²) in [5.74, 6) is -0.666. The summed E-state index contributed by atoms with van der Waals surface area (Å²) >= 11 is 0. The molecule has 0 saturated heterocycles. The number of hydrogen-bond donors (Lipinski definition) is 2. The molecule has 1 aromatic rings. The summed E-state index contributed by atoms with van der Waals surface area (Å²) in [6.45, 7) is 0.370. The van der Waals surface area contributed by atoms with E-state index in [1.165, 1.54) is 12.7 Å². The summed E-state index contributed by atoms with van der Waals surface area (Å²) in [6, 6.07) is 10.1. The van der Waals surface area contributed by atoms with Crippen LogP contribution in [0.5, 0.6) is 0 Å². The first-order chi connectivity index (χ1) is 10.6. The molecule has 0 fully saturated rings. The molecule has 0 aliphatic rings. The highest BCUT2D eigenvalue weighted by molar-refractivity contribution is 5.80. The molecule has 0 heterocycles. The second-order valence-corrected chi connectivity index (χ2v) is 5.22. The van der Waals surface area contributed by atoms with Gasteiger partial charge >= 0.3 is 5.97 Å². The lowest BCUT2D eigenvalue weighted by Crippen LogP contribution is -2.35. The zero-order chi connectivity index (χ0) is 16.2. The second-order valence-electron chi connectivity index (χ2n) is 5.22. The van der Waals surface area contributed by atoms with Crippen LogP contribution >= 0.6 is 0 Å². The monoisotopic (exact) mass is 307 g/mol. The van der Waals surface area contributed by atoms with E-state index in [2.05, 4.69) is 22.2 Å². The number of benzene rings is 1. The number of carbonyl (C=O) groups excluding carboxylic acids is 2. The third kappa shape index (κ3) is 7.78. The van der Waals surface area contributed by atoms with Crippen molar-refractivity contribution in [3.63, 3.8) is 0 Å². The van der Waals surface area contributed by atoms with E-state index >= 15 is 0 Å². The zero-order valence-electron chi connectivity index (χ0n) is 13.1. The highest BCUT2D eigenvalue weighted by Crippen LogP contribution is 2.08. The van der Waals surface area contributed by atoms with Gasteiger partial charge in [-0.25, -0.2) is 0 Å². The van der Waals surface area contributed by atoms with Gasteiger partial charge in [-0.3, -0.25) is 9.59 Å². The third-order valence-corrected chi connectivity index (χ3v) is 3.42. The van der Waals surface area contributed by atoms with E-state index in [-0.39, 0.29) is 18.3 Å². The fourth-order valence-electron chi connectivity index (χ4n) is 2.11. The van der Waals surface area contributed by atoms with E-state index in [4.69, 9.17) is 0 Å². The van der Waals surface area contributed by atoms with Crippen LogP contribution in [0.2, 0.25) is 0 Å². The number of ether oxygens (including phenoxy) is 1.